The highest BCUT2D eigenvalue weighted by molar-refractivity contribution is 6.34. The molecule has 2 rings (SSSR count). The monoisotopic (exact) mass is 246 g/mol. The molecule has 1 atom stereocenters. The Morgan fingerprint density at radius 1 is 1.33 bits per heavy atom. The van der Waals surface area contributed by atoms with Crippen molar-refractivity contribution in [1.29, 1.82) is 0 Å². The van der Waals surface area contributed by atoms with Gasteiger partial charge in [0.2, 0.25) is 0 Å². The molecule has 0 radical (unpaired) electrons. The largest absolute Gasteiger partial charge is 0.378 e. The minimum absolute atomic E-state index is 0.222. The summed E-state index contributed by atoms with van der Waals surface area (Å²) in [5.41, 5.74) is 0.731. The minimum atomic E-state index is 0.222. The molecule has 1 unspecified atom stereocenters. The Hall–Kier alpha value is -0.380. The third-order valence-corrected chi connectivity index (χ3v) is 3.24. The predicted molar refractivity (Wildman–Crippen MR) is 59.5 cm³/mol. The van der Waals surface area contributed by atoms with Crippen molar-refractivity contribution in [3.8, 4) is 0 Å². The van der Waals surface area contributed by atoms with Gasteiger partial charge in [-0.25, -0.2) is 9.97 Å². The Bertz CT molecular complexity index is 341. The number of hydrogen-bond donors (Lipinski definition) is 0. The molecule has 0 aromatic carbocycles. The molecule has 0 saturated carbocycles. The van der Waals surface area contributed by atoms with Crippen LogP contribution in [-0.2, 0) is 11.2 Å². The number of aromatic nitrogens is 2. The van der Waals surface area contributed by atoms with Crippen LogP contribution in [0.2, 0.25) is 10.3 Å². The second-order valence-corrected chi connectivity index (χ2v) is 4.40. The van der Waals surface area contributed by atoms with Crippen LogP contribution in [0, 0.1) is 6.92 Å². The molecule has 15 heavy (non-hydrogen) atoms. The van der Waals surface area contributed by atoms with Crippen molar-refractivity contribution in [3.05, 3.63) is 21.7 Å². The molecule has 5 heteroatoms. The number of nitrogens with zero attached hydrogens (tertiary/aromatic N) is 2. The van der Waals surface area contributed by atoms with E-state index in [0.717, 1.165) is 25.0 Å². The Morgan fingerprint density at radius 2 is 2.00 bits per heavy atom. The minimum Gasteiger partial charge on any atom is -0.378 e. The zero-order valence-corrected chi connectivity index (χ0v) is 9.98. The highest BCUT2D eigenvalue weighted by Gasteiger charge is 2.18. The lowest BCUT2D eigenvalue weighted by Crippen LogP contribution is -2.12. The summed E-state index contributed by atoms with van der Waals surface area (Å²) in [4.78, 5) is 8.37. The third-order valence-electron chi connectivity index (χ3n) is 2.51. The van der Waals surface area contributed by atoms with E-state index in [1.54, 1.807) is 6.92 Å². The summed E-state index contributed by atoms with van der Waals surface area (Å²) in [6.07, 6.45) is 3.09. The highest BCUT2D eigenvalue weighted by Crippen LogP contribution is 2.22. The van der Waals surface area contributed by atoms with Gasteiger partial charge in [-0.3, -0.25) is 0 Å². The van der Waals surface area contributed by atoms with E-state index in [9.17, 15) is 0 Å². The van der Waals surface area contributed by atoms with Gasteiger partial charge in [0.1, 0.15) is 16.1 Å². The van der Waals surface area contributed by atoms with Crippen molar-refractivity contribution < 1.29 is 4.74 Å². The van der Waals surface area contributed by atoms with E-state index in [2.05, 4.69) is 9.97 Å². The molecule has 3 nitrogen and oxygen atoms in total. The van der Waals surface area contributed by atoms with Crippen LogP contribution in [0.1, 0.15) is 24.2 Å². The molecule has 1 saturated heterocycles. The van der Waals surface area contributed by atoms with E-state index in [1.807, 2.05) is 0 Å². The Kier molecular flexibility index (Phi) is 3.44. The fourth-order valence-electron chi connectivity index (χ4n) is 1.60. The zero-order chi connectivity index (χ0) is 10.8. The number of halogens is 2. The maximum absolute atomic E-state index is 5.93. The number of rotatable bonds is 2. The van der Waals surface area contributed by atoms with Gasteiger partial charge in [0.25, 0.3) is 0 Å². The molecule has 1 fully saturated rings. The van der Waals surface area contributed by atoms with Crippen molar-refractivity contribution in [2.75, 3.05) is 6.61 Å². The average Bonchev–Trinajstić information content (AvgIpc) is 2.66. The lowest BCUT2D eigenvalue weighted by Gasteiger charge is -2.09. The molecule has 82 valence electrons. The quantitative estimate of drug-likeness (QED) is 0.754. The van der Waals surface area contributed by atoms with Crippen LogP contribution in [0.25, 0.3) is 0 Å². The topological polar surface area (TPSA) is 35.0 Å². The lowest BCUT2D eigenvalue weighted by atomic mass is 10.2. The van der Waals surface area contributed by atoms with E-state index in [1.165, 1.54) is 0 Å². The van der Waals surface area contributed by atoms with Gasteiger partial charge in [-0.2, -0.15) is 0 Å². The number of ether oxygens (including phenoxy) is 1. The molecule has 1 aromatic heterocycles. The van der Waals surface area contributed by atoms with Crippen molar-refractivity contribution in [3.63, 3.8) is 0 Å². The maximum Gasteiger partial charge on any atom is 0.137 e. The van der Waals surface area contributed by atoms with Gasteiger partial charge in [-0.15, -0.1) is 0 Å². The second-order valence-electron chi connectivity index (χ2n) is 3.69. The fourth-order valence-corrected chi connectivity index (χ4v) is 2.03. The van der Waals surface area contributed by atoms with Gasteiger partial charge in [-0.05, 0) is 19.8 Å². The van der Waals surface area contributed by atoms with E-state index in [4.69, 9.17) is 27.9 Å². The summed E-state index contributed by atoms with van der Waals surface area (Å²) in [6.45, 7) is 2.64. The summed E-state index contributed by atoms with van der Waals surface area (Å²) in [5.74, 6) is 0.669. The van der Waals surface area contributed by atoms with Crippen molar-refractivity contribution in [2.45, 2.75) is 32.3 Å². The predicted octanol–water partition coefficient (Wildman–Crippen LogP) is 2.81. The zero-order valence-electron chi connectivity index (χ0n) is 8.46. The van der Waals surface area contributed by atoms with Crippen LogP contribution in [0.4, 0.5) is 0 Å². The Morgan fingerprint density at radius 3 is 2.53 bits per heavy atom. The van der Waals surface area contributed by atoms with Crippen molar-refractivity contribution >= 4 is 23.2 Å². The van der Waals surface area contributed by atoms with Gasteiger partial charge < -0.3 is 4.74 Å². The molecule has 0 N–H and O–H groups in total. The highest BCUT2D eigenvalue weighted by atomic mass is 35.5. The maximum atomic E-state index is 5.93. The Balaban J connectivity index is 2.14. The fraction of sp³-hybridized carbons (Fsp3) is 0.600. The average molecular weight is 247 g/mol. The van der Waals surface area contributed by atoms with Gasteiger partial charge in [0.05, 0.1) is 6.10 Å². The lowest BCUT2D eigenvalue weighted by molar-refractivity contribution is 0.110. The molecular formula is C10H12Cl2N2O. The molecule has 0 amide bonds. The first-order valence-electron chi connectivity index (χ1n) is 4.97. The molecule has 1 aliphatic rings. The standard InChI is InChI=1S/C10H12Cl2N2O/c1-6-9(11)13-8(14-10(6)12)5-7-3-2-4-15-7/h7H,2-5H2,1H3. The summed E-state index contributed by atoms with van der Waals surface area (Å²) < 4.78 is 5.50. The molecule has 0 bridgehead atoms. The van der Waals surface area contributed by atoms with Crippen LogP contribution in [0.3, 0.4) is 0 Å². The first kappa shape index (κ1) is 11.1. The van der Waals surface area contributed by atoms with Crippen LogP contribution in [0.15, 0.2) is 0 Å². The van der Waals surface area contributed by atoms with Crippen molar-refractivity contribution in [1.82, 2.24) is 9.97 Å². The van der Waals surface area contributed by atoms with Crippen molar-refractivity contribution in [2.24, 2.45) is 0 Å². The normalized spacial score (nSPS) is 20.9. The van der Waals surface area contributed by atoms with Gasteiger partial charge >= 0.3 is 0 Å². The molecule has 0 aliphatic carbocycles. The second kappa shape index (κ2) is 4.64. The smallest absolute Gasteiger partial charge is 0.137 e. The van der Waals surface area contributed by atoms with E-state index >= 15 is 0 Å². The third kappa shape index (κ3) is 2.60. The van der Waals surface area contributed by atoms with Crippen LogP contribution in [0.5, 0.6) is 0 Å². The molecule has 1 aliphatic heterocycles. The molecule has 0 spiro atoms. The Labute approximate surface area is 98.8 Å². The first-order chi connectivity index (χ1) is 7.16. The van der Waals surface area contributed by atoms with Crippen LogP contribution >= 0.6 is 23.2 Å². The number of hydrogen-bond acceptors (Lipinski definition) is 3. The summed E-state index contributed by atoms with van der Waals surface area (Å²) in [5, 5.41) is 0.867. The van der Waals surface area contributed by atoms with Gasteiger partial charge in [0.15, 0.2) is 0 Å². The molecular weight excluding hydrogens is 235 g/mol. The molecule has 2 heterocycles. The summed E-state index contributed by atoms with van der Waals surface area (Å²) >= 11 is 11.9. The van der Waals surface area contributed by atoms with Gasteiger partial charge in [0, 0.05) is 18.6 Å². The van der Waals surface area contributed by atoms with E-state index < -0.39 is 0 Å². The van der Waals surface area contributed by atoms with Crippen LogP contribution < -0.4 is 0 Å². The van der Waals surface area contributed by atoms with E-state index in [-0.39, 0.29) is 6.10 Å². The summed E-state index contributed by atoms with van der Waals surface area (Å²) in [6, 6.07) is 0. The van der Waals surface area contributed by atoms with Gasteiger partial charge in [-0.1, -0.05) is 23.2 Å². The van der Waals surface area contributed by atoms with E-state index in [0.29, 0.717) is 22.6 Å². The SMILES string of the molecule is Cc1c(Cl)nc(CC2CCCO2)nc1Cl. The molecule has 1 aromatic rings. The summed E-state index contributed by atoms with van der Waals surface area (Å²) in [7, 11) is 0. The van der Waals surface area contributed by atoms with Crippen LogP contribution in [-0.4, -0.2) is 22.7 Å². The first-order valence-corrected chi connectivity index (χ1v) is 5.72.